The van der Waals surface area contributed by atoms with Gasteiger partial charge in [-0.1, -0.05) is 115 Å². The zero-order valence-corrected chi connectivity index (χ0v) is 26.7. The Morgan fingerprint density at radius 3 is 2.13 bits per heavy atom. The zero-order chi connectivity index (χ0) is 32.4. The van der Waals surface area contributed by atoms with Crippen molar-refractivity contribution in [3.63, 3.8) is 0 Å². The average molecular weight is 625 g/mol. The maximum Gasteiger partial charge on any atom is 0.333 e. The topological polar surface area (TPSA) is 65.0 Å². The predicted octanol–water partition coefficient (Wildman–Crippen LogP) is 8.84. The summed E-state index contributed by atoms with van der Waals surface area (Å²) >= 11 is 0. The molecule has 5 aromatic rings. The second kappa shape index (κ2) is 15.5. The first-order valence-corrected chi connectivity index (χ1v) is 16.3. The number of carbonyl (C=O) groups is 1. The lowest BCUT2D eigenvalue weighted by atomic mass is 9.92. The largest absolute Gasteiger partial charge is 0.491 e. The van der Waals surface area contributed by atoms with Crippen molar-refractivity contribution < 1.29 is 24.1 Å². The Morgan fingerprint density at radius 2 is 1.38 bits per heavy atom. The fraction of sp³-hybridized carbons (Fsp3) is 0.214. The van der Waals surface area contributed by atoms with E-state index in [9.17, 15) is 9.90 Å². The zero-order valence-electron chi connectivity index (χ0n) is 26.7. The minimum atomic E-state index is -0.958. The van der Waals surface area contributed by atoms with Crippen molar-refractivity contribution in [2.75, 3.05) is 19.8 Å². The fourth-order valence-electron chi connectivity index (χ4n) is 6.07. The molecule has 0 bridgehead atoms. The molecule has 2 atom stereocenters. The Bertz CT molecular complexity index is 1800. The highest BCUT2D eigenvalue weighted by molar-refractivity contribution is 5.79. The van der Waals surface area contributed by atoms with E-state index in [-0.39, 0.29) is 6.10 Å². The van der Waals surface area contributed by atoms with Gasteiger partial charge >= 0.3 is 5.97 Å². The van der Waals surface area contributed by atoms with Crippen LogP contribution in [0.2, 0.25) is 0 Å². The van der Waals surface area contributed by atoms with Gasteiger partial charge in [0.1, 0.15) is 18.5 Å². The second-order valence-electron chi connectivity index (χ2n) is 11.7. The van der Waals surface area contributed by atoms with Gasteiger partial charge in [0.25, 0.3) is 0 Å². The SMILES string of the molecule is CCOC(Cc1ccc(OCCOC2c3ccc(-c4ccccc4)cc3C=Cc3ccc(CCc4ccccc4)cc32)cc1)C(=O)O. The summed E-state index contributed by atoms with van der Waals surface area (Å²) in [7, 11) is 0. The highest BCUT2D eigenvalue weighted by Crippen LogP contribution is 2.38. The van der Waals surface area contributed by atoms with Crippen LogP contribution >= 0.6 is 0 Å². The number of aliphatic carboxylic acids is 1. The fourth-order valence-corrected chi connectivity index (χ4v) is 6.07. The first kappa shape index (κ1) is 32.0. The van der Waals surface area contributed by atoms with Crippen LogP contribution in [-0.4, -0.2) is 37.0 Å². The summed E-state index contributed by atoms with van der Waals surface area (Å²) in [5.41, 5.74) is 10.4. The molecule has 0 amide bonds. The quantitative estimate of drug-likeness (QED) is 0.125. The third-order valence-electron chi connectivity index (χ3n) is 8.52. The van der Waals surface area contributed by atoms with Crippen molar-refractivity contribution in [1.82, 2.24) is 0 Å². The van der Waals surface area contributed by atoms with E-state index in [4.69, 9.17) is 14.2 Å². The number of carboxylic acids is 1. The summed E-state index contributed by atoms with van der Waals surface area (Å²) in [4.78, 5) is 11.5. The Kier molecular flexibility index (Phi) is 10.6. The van der Waals surface area contributed by atoms with Gasteiger partial charge in [0.2, 0.25) is 0 Å². The number of ether oxygens (including phenoxy) is 3. The molecule has 0 aliphatic heterocycles. The summed E-state index contributed by atoms with van der Waals surface area (Å²) in [6, 6.07) is 41.9. The summed E-state index contributed by atoms with van der Waals surface area (Å²) in [6.45, 7) is 2.92. The van der Waals surface area contributed by atoms with Crippen molar-refractivity contribution in [2.24, 2.45) is 0 Å². The first-order chi connectivity index (χ1) is 23.1. The predicted molar refractivity (Wildman–Crippen MR) is 188 cm³/mol. The molecule has 2 unspecified atom stereocenters. The van der Waals surface area contributed by atoms with Crippen LogP contribution in [0.15, 0.2) is 121 Å². The van der Waals surface area contributed by atoms with Gasteiger partial charge in [-0.05, 0) is 88.0 Å². The van der Waals surface area contributed by atoms with E-state index in [1.807, 2.05) is 30.3 Å². The van der Waals surface area contributed by atoms with Crippen LogP contribution in [0.3, 0.4) is 0 Å². The highest BCUT2D eigenvalue weighted by atomic mass is 16.5. The Labute approximate surface area is 277 Å². The minimum Gasteiger partial charge on any atom is -0.491 e. The molecule has 5 heteroatoms. The van der Waals surface area contributed by atoms with Gasteiger partial charge in [-0.2, -0.15) is 0 Å². The number of carboxylic acid groups (broad SMARTS) is 1. The van der Waals surface area contributed by atoms with Gasteiger partial charge < -0.3 is 19.3 Å². The molecular weight excluding hydrogens is 584 g/mol. The monoisotopic (exact) mass is 624 g/mol. The lowest BCUT2D eigenvalue weighted by Gasteiger charge is -2.22. The van der Waals surface area contributed by atoms with Gasteiger partial charge in [0.15, 0.2) is 6.10 Å². The van der Waals surface area contributed by atoms with Gasteiger partial charge in [-0.15, -0.1) is 0 Å². The van der Waals surface area contributed by atoms with E-state index in [0.717, 1.165) is 40.7 Å². The summed E-state index contributed by atoms with van der Waals surface area (Å²) < 4.78 is 18.1. The maximum absolute atomic E-state index is 11.5. The van der Waals surface area contributed by atoms with Crippen LogP contribution in [0.5, 0.6) is 5.75 Å². The number of hydrogen-bond acceptors (Lipinski definition) is 4. The van der Waals surface area contributed by atoms with Crippen LogP contribution in [0.4, 0.5) is 0 Å². The third kappa shape index (κ3) is 8.25. The van der Waals surface area contributed by atoms with E-state index in [1.54, 1.807) is 6.92 Å². The molecule has 0 saturated carbocycles. The van der Waals surface area contributed by atoms with E-state index >= 15 is 0 Å². The van der Waals surface area contributed by atoms with Gasteiger partial charge in [0.05, 0.1) is 6.61 Å². The van der Waals surface area contributed by atoms with E-state index in [1.165, 1.54) is 22.3 Å². The van der Waals surface area contributed by atoms with E-state index in [0.29, 0.717) is 32.0 Å². The normalized spacial score (nSPS) is 14.1. The lowest BCUT2D eigenvalue weighted by Crippen LogP contribution is -2.26. The van der Waals surface area contributed by atoms with Crippen molar-refractivity contribution in [1.29, 1.82) is 0 Å². The molecule has 47 heavy (non-hydrogen) atoms. The molecule has 0 spiro atoms. The second-order valence-corrected chi connectivity index (χ2v) is 11.7. The smallest absolute Gasteiger partial charge is 0.333 e. The Balaban J connectivity index is 1.19. The molecule has 0 radical (unpaired) electrons. The molecule has 5 aromatic carbocycles. The van der Waals surface area contributed by atoms with E-state index in [2.05, 4.69) is 103 Å². The van der Waals surface area contributed by atoms with Gasteiger partial charge in [-0.3, -0.25) is 0 Å². The van der Waals surface area contributed by atoms with Crippen molar-refractivity contribution in [3.8, 4) is 16.9 Å². The van der Waals surface area contributed by atoms with Crippen molar-refractivity contribution in [3.05, 3.63) is 160 Å². The molecule has 1 aliphatic carbocycles. The molecule has 0 aromatic heterocycles. The summed E-state index contributed by atoms with van der Waals surface area (Å²) in [6.07, 6.45) is 5.52. The van der Waals surface area contributed by atoms with Crippen LogP contribution in [0.1, 0.15) is 52.0 Å². The van der Waals surface area contributed by atoms with Crippen molar-refractivity contribution >= 4 is 18.1 Å². The molecule has 1 aliphatic rings. The lowest BCUT2D eigenvalue weighted by molar-refractivity contribution is -0.149. The number of fused-ring (bicyclic) bond motifs is 2. The van der Waals surface area contributed by atoms with Crippen molar-refractivity contribution in [2.45, 2.75) is 38.4 Å². The molecule has 5 nitrogen and oxygen atoms in total. The van der Waals surface area contributed by atoms with Crippen LogP contribution < -0.4 is 4.74 Å². The first-order valence-electron chi connectivity index (χ1n) is 16.3. The standard InChI is InChI=1S/C42H40O5/c1-2-45-40(42(43)44)28-32-16-22-37(23-17-32)46-25-26-47-41-38-24-21-35(33-11-7-4-8-12-33)29-36(38)20-19-34-18-15-31(27-39(34)41)14-13-30-9-5-3-6-10-30/h3-12,15-24,27,29,40-41H,2,13-14,25-26,28H2,1H3,(H,43,44). The third-order valence-corrected chi connectivity index (χ3v) is 8.52. The number of rotatable bonds is 14. The Hall–Kier alpha value is -4.97. The van der Waals surface area contributed by atoms with Crippen LogP contribution in [-0.2, 0) is 33.5 Å². The van der Waals surface area contributed by atoms with Crippen LogP contribution in [0, 0.1) is 0 Å². The van der Waals surface area contributed by atoms with E-state index < -0.39 is 12.1 Å². The minimum absolute atomic E-state index is 0.256. The molecule has 1 N–H and O–H groups in total. The molecule has 0 fully saturated rings. The van der Waals surface area contributed by atoms with Gasteiger partial charge in [0, 0.05) is 13.0 Å². The molecule has 6 rings (SSSR count). The summed E-state index contributed by atoms with van der Waals surface area (Å²) in [5.74, 6) is -0.250. The number of benzene rings is 5. The van der Waals surface area contributed by atoms with Crippen LogP contribution in [0.25, 0.3) is 23.3 Å². The highest BCUT2D eigenvalue weighted by Gasteiger charge is 2.24. The molecular formula is C42H40O5. The number of hydrogen-bond donors (Lipinski definition) is 1. The Morgan fingerprint density at radius 1 is 0.681 bits per heavy atom. The summed E-state index contributed by atoms with van der Waals surface area (Å²) in [5, 5.41) is 9.40. The van der Waals surface area contributed by atoms with Gasteiger partial charge in [-0.25, -0.2) is 4.79 Å². The molecule has 0 heterocycles. The molecule has 0 saturated heterocycles. The maximum atomic E-state index is 11.5. The molecule has 238 valence electrons. The average Bonchev–Trinajstić information content (AvgIpc) is 3.26. The number of aryl methyl sites for hydroxylation is 2.